The van der Waals surface area contributed by atoms with E-state index in [-0.39, 0.29) is 10.9 Å². The average Bonchev–Trinajstić information content (AvgIpc) is 2.96. The molecular formula is C14H16F2N2O2S2. The monoisotopic (exact) mass is 346 g/mol. The maximum absolute atomic E-state index is 12.5. The van der Waals surface area contributed by atoms with Crippen LogP contribution in [0.5, 0.6) is 0 Å². The van der Waals surface area contributed by atoms with Crippen molar-refractivity contribution in [3.8, 4) is 0 Å². The molecule has 0 bridgehead atoms. The van der Waals surface area contributed by atoms with Crippen molar-refractivity contribution >= 4 is 26.9 Å². The van der Waals surface area contributed by atoms with E-state index in [1.54, 1.807) is 11.3 Å². The van der Waals surface area contributed by atoms with Gasteiger partial charge < -0.3 is 5.32 Å². The summed E-state index contributed by atoms with van der Waals surface area (Å²) in [6, 6.07) is 5.24. The molecule has 0 aliphatic rings. The Kier molecular flexibility index (Phi) is 5.12. The van der Waals surface area contributed by atoms with Crippen molar-refractivity contribution in [1.29, 1.82) is 0 Å². The highest BCUT2D eigenvalue weighted by molar-refractivity contribution is 7.91. The lowest BCUT2D eigenvalue weighted by molar-refractivity contribution is 0.234. The second kappa shape index (κ2) is 6.70. The van der Waals surface area contributed by atoms with Gasteiger partial charge in [-0.3, -0.25) is 0 Å². The van der Waals surface area contributed by atoms with Gasteiger partial charge in [-0.1, -0.05) is 6.92 Å². The number of halogens is 2. The summed E-state index contributed by atoms with van der Waals surface area (Å²) in [4.78, 5) is 5.12. The van der Waals surface area contributed by atoms with Gasteiger partial charge in [-0.15, -0.1) is 11.3 Å². The van der Waals surface area contributed by atoms with Gasteiger partial charge in [0, 0.05) is 16.8 Å². The molecule has 2 aromatic rings. The minimum Gasteiger partial charge on any atom is -0.376 e. The molecule has 2 rings (SSSR count). The second-order valence-corrected chi connectivity index (χ2v) is 7.78. The van der Waals surface area contributed by atoms with E-state index >= 15 is 0 Å². The first-order valence-corrected chi connectivity index (χ1v) is 9.04. The predicted molar refractivity (Wildman–Crippen MR) is 83.2 cm³/mol. The van der Waals surface area contributed by atoms with Crippen molar-refractivity contribution in [2.45, 2.75) is 37.0 Å². The smallest absolute Gasteiger partial charge is 0.341 e. The molecule has 0 aliphatic carbocycles. The molecule has 1 unspecified atom stereocenters. The van der Waals surface area contributed by atoms with Gasteiger partial charge in [0.1, 0.15) is 5.01 Å². The number of hydrogen-bond acceptors (Lipinski definition) is 5. The van der Waals surface area contributed by atoms with Crippen molar-refractivity contribution in [3.63, 3.8) is 0 Å². The summed E-state index contributed by atoms with van der Waals surface area (Å²) in [5.74, 6) is -3.41. The van der Waals surface area contributed by atoms with E-state index in [9.17, 15) is 17.2 Å². The number of thiazole rings is 1. The minimum absolute atomic E-state index is 0.0529. The maximum Gasteiger partial charge on any atom is 0.341 e. The largest absolute Gasteiger partial charge is 0.376 e. The summed E-state index contributed by atoms with van der Waals surface area (Å²) >= 11 is 1.60. The van der Waals surface area contributed by atoms with Crippen molar-refractivity contribution in [2.75, 3.05) is 5.32 Å². The zero-order valence-electron chi connectivity index (χ0n) is 12.1. The van der Waals surface area contributed by atoms with Crippen LogP contribution in [0.15, 0.2) is 35.4 Å². The number of aromatic nitrogens is 1. The normalized spacial score (nSPS) is 13.3. The molecule has 0 aliphatic heterocycles. The molecule has 0 saturated heterocycles. The predicted octanol–water partition coefficient (Wildman–Crippen LogP) is 3.87. The summed E-state index contributed by atoms with van der Waals surface area (Å²) in [7, 11) is -4.55. The van der Waals surface area contributed by atoms with E-state index in [1.807, 2.05) is 13.1 Å². The standard InChI is InChI=1S/C14H16F2N2O2S2/c1-3-11-8-17-13(21-11)9(2)18-10-4-6-12(7-5-10)22(19,20)14(15)16/h4-9,14,18H,3H2,1-2H3. The number of nitrogens with zero attached hydrogens (tertiary/aromatic N) is 1. The lowest BCUT2D eigenvalue weighted by atomic mass is 10.3. The van der Waals surface area contributed by atoms with Crippen LogP contribution in [0.4, 0.5) is 14.5 Å². The summed E-state index contributed by atoms with van der Waals surface area (Å²) < 4.78 is 47.6. The molecule has 22 heavy (non-hydrogen) atoms. The molecule has 1 atom stereocenters. The summed E-state index contributed by atoms with van der Waals surface area (Å²) in [5.41, 5.74) is 0.647. The Morgan fingerprint density at radius 3 is 2.41 bits per heavy atom. The van der Waals surface area contributed by atoms with E-state index in [4.69, 9.17) is 0 Å². The number of alkyl halides is 2. The highest BCUT2D eigenvalue weighted by atomic mass is 32.2. The van der Waals surface area contributed by atoms with Gasteiger partial charge in [0.25, 0.3) is 0 Å². The quantitative estimate of drug-likeness (QED) is 0.862. The van der Waals surface area contributed by atoms with Gasteiger partial charge in [0.2, 0.25) is 9.84 Å². The molecule has 1 heterocycles. The van der Waals surface area contributed by atoms with Gasteiger partial charge in [-0.25, -0.2) is 13.4 Å². The second-order valence-electron chi connectivity index (χ2n) is 4.71. The van der Waals surface area contributed by atoms with Crippen molar-refractivity contribution in [2.24, 2.45) is 0 Å². The Morgan fingerprint density at radius 2 is 1.91 bits per heavy atom. The number of nitrogens with one attached hydrogen (secondary N) is 1. The fourth-order valence-corrected chi connectivity index (χ4v) is 3.42. The van der Waals surface area contributed by atoms with Gasteiger partial charge in [-0.05, 0) is 37.6 Å². The minimum atomic E-state index is -4.55. The van der Waals surface area contributed by atoms with Crippen molar-refractivity contribution in [1.82, 2.24) is 4.98 Å². The zero-order chi connectivity index (χ0) is 16.3. The number of benzene rings is 1. The van der Waals surface area contributed by atoms with E-state index < -0.39 is 15.6 Å². The molecule has 1 aromatic carbocycles. The lowest BCUT2D eigenvalue weighted by Gasteiger charge is -2.13. The molecule has 1 N–H and O–H groups in total. The van der Waals surface area contributed by atoms with E-state index in [1.165, 1.54) is 29.1 Å². The summed E-state index contributed by atoms with van der Waals surface area (Å²) in [5, 5.41) is 4.09. The van der Waals surface area contributed by atoms with E-state index in [0.29, 0.717) is 5.69 Å². The summed E-state index contributed by atoms with van der Waals surface area (Å²) in [6.45, 7) is 3.99. The first-order valence-electron chi connectivity index (χ1n) is 6.68. The first-order chi connectivity index (χ1) is 10.3. The number of aryl methyl sites for hydroxylation is 1. The number of anilines is 1. The third-order valence-electron chi connectivity index (χ3n) is 3.09. The average molecular weight is 346 g/mol. The van der Waals surface area contributed by atoms with Gasteiger partial charge in [-0.2, -0.15) is 8.78 Å². The van der Waals surface area contributed by atoms with Gasteiger partial charge >= 0.3 is 5.76 Å². The molecule has 0 amide bonds. The molecule has 0 radical (unpaired) electrons. The SMILES string of the molecule is CCc1cnc(C(C)Nc2ccc(S(=O)(=O)C(F)F)cc2)s1. The van der Waals surface area contributed by atoms with Crippen LogP contribution >= 0.6 is 11.3 Å². The summed E-state index contributed by atoms with van der Waals surface area (Å²) in [6.07, 6.45) is 2.75. The molecule has 1 aromatic heterocycles. The molecule has 0 spiro atoms. The van der Waals surface area contributed by atoms with Crippen molar-refractivity contribution < 1.29 is 17.2 Å². The van der Waals surface area contributed by atoms with Crippen LogP contribution in [0, 0.1) is 0 Å². The molecule has 120 valence electrons. The molecule has 8 heteroatoms. The Morgan fingerprint density at radius 1 is 1.27 bits per heavy atom. The third-order valence-corrected chi connectivity index (χ3v) is 5.81. The van der Waals surface area contributed by atoms with E-state index in [2.05, 4.69) is 17.2 Å². The zero-order valence-corrected chi connectivity index (χ0v) is 13.7. The highest BCUT2D eigenvalue weighted by Crippen LogP contribution is 2.25. The van der Waals surface area contributed by atoms with E-state index in [0.717, 1.165) is 11.4 Å². The van der Waals surface area contributed by atoms with Crippen LogP contribution in [-0.2, 0) is 16.3 Å². The Labute approximate surface area is 132 Å². The van der Waals surface area contributed by atoms with Gasteiger partial charge in [0.15, 0.2) is 0 Å². The van der Waals surface area contributed by atoms with Crippen LogP contribution < -0.4 is 5.32 Å². The Balaban J connectivity index is 2.11. The molecular weight excluding hydrogens is 330 g/mol. The van der Waals surface area contributed by atoms with Crippen LogP contribution in [0.25, 0.3) is 0 Å². The fourth-order valence-electron chi connectivity index (χ4n) is 1.84. The number of rotatable bonds is 6. The number of sulfone groups is 1. The fraction of sp³-hybridized carbons (Fsp3) is 0.357. The molecule has 0 saturated carbocycles. The number of hydrogen-bond donors (Lipinski definition) is 1. The van der Waals surface area contributed by atoms with Crippen LogP contribution in [0.1, 0.15) is 29.8 Å². The Hall–Kier alpha value is -1.54. The lowest BCUT2D eigenvalue weighted by Crippen LogP contribution is -2.11. The van der Waals surface area contributed by atoms with Crippen LogP contribution in [0.3, 0.4) is 0 Å². The topological polar surface area (TPSA) is 59.1 Å². The van der Waals surface area contributed by atoms with Gasteiger partial charge in [0.05, 0.1) is 10.9 Å². The first kappa shape index (κ1) is 16.8. The third kappa shape index (κ3) is 3.61. The van der Waals surface area contributed by atoms with Crippen LogP contribution in [0.2, 0.25) is 0 Å². The maximum atomic E-state index is 12.5. The van der Waals surface area contributed by atoms with Crippen molar-refractivity contribution in [3.05, 3.63) is 40.3 Å². The Bertz CT molecular complexity index is 728. The molecule has 4 nitrogen and oxygen atoms in total. The van der Waals surface area contributed by atoms with Crippen LogP contribution in [-0.4, -0.2) is 19.2 Å². The highest BCUT2D eigenvalue weighted by Gasteiger charge is 2.26. The molecule has 0 fully saturated rings.